The number of morpholine rings is 1. The molecule has 0 aromatic heterocycles. The van der Waals surface area contributed by atoms with E-state index in [-0.39, 0.29) is 24.6 Å². The highest BCUT2D eigenvalue weighted by Gasteiger charge is 2.34. The van der Waals surface area contributed by atoms with Crippen LogP contribution in [0.2, 0.25) is 5.02 Å². The smallest absolute Gasteiger partial charge is 0.249 e. The van der Waals surface area contributed by atoms with Crippen LogP contribution in [0.5, 0.6) is 0 Å². The van der Waals surface area contributed by atoms with Gasteiger partial charge < -0.3 is 9.64 Å². The van der Waals surface area contributed by atoms with Gasteiger partial charge >= 0.3 is 0 Å². The third-order valence-electron chi connectivity index (χ3n) is 4.67. The van der Waals surface area contributed by atoms with Crippen molar-refractivity contribution < 1.29 is 9.53 Å². The fourth-order valence-corrected chi connectivity index (χ4v) is 4.61. The van der Waals surface area contributed by atoms with E-state index in [9.17, 15) is 4.79 Å². The number of carbonyl (C=O) groups excluding carboxylic acids is 1. The van der Waals surface area contributed by atoms with Crippen LogP contribution in [0, 0.1) is 0 Å². The Labute approximate surface area is 164 Å². The summed E-state index contributed by atoms with van der Waals surface area (Å²) in [6.45, 7) is 2.85. The van der Waals surface area contributed by atoms with Crippen molar-refractivity contribution in [3.8, 4) is 0 Å². The van der Waals surface area contributed by atoms with E-state index < -0.39 is 0 Å². The van der Waals surface area contributed by atoms with Crippen molar-refractivity contribution in [2.24, 2.45) is 0 Å². The summed E-state index contributed by atoms with van der Waals surface area (Å²) in [5.41, 5.74) is 2.39. The van der Waals surface area contributed by atoms with Crippen molar-refractivity contribution >= 4 is 29.3 Å². The first-order valence-electron chi connectivity index (χ1n) is 8.95. The van der Waals surface area contributed by atoms with Gasteiger partial charge in [-0.25, -0.2) is 0 Å². The monoisotopic (exact) mass is 389 g/mol. The summed E-state index contributed by atoms with van der Waals surface area (Å²) in [5, 5.41) is 0.703. The molecule has 1 aliphatic rings. The molecule has 2 atom stereocenters. The number of thioether (sulfide) groups is 1. The van der Waals surface area contributed by atoms with Crippen LogP contribution in [-0.4, -0.2) is 35.8 Å². The molecule has 5 heteroatoms. The summed E-state index contributed by atoms with van der Waals surface area (Å²) in [6.07, 6.45) is 0.928. The fraction of sp³-hybridized carbons (Fsp3) is 0.381. The van der Waals surface area contributed by atoms with Crippen LogP contribution in [0.1, 0.15) is 30.5 Å². The summed E-state index contributed by atoms with van der Waals surface area (Å²) in [6, 6.07) is 18.3. The Morgan fingerprint density at radius 2 is 1.92 bits per heavy atom. The molecule has 0 bridgehead atoms. The minimum Gasteiger partial charge on any atom is -0.369 e. The third kappa shape index (κ3) is 4.81. The number of hydrogen-bond acceptors (Lipinski definition) is 3. The van der Waals surface area contributed by atoms with Gasteiger partial charge in [0.1, 0.15) is 6.61 Å². The summed E-state index contributed by atoms with van der Waals surface area (Å²) in [7, 11) is 0. The van der Waals surface area contributed by atoms with E-state index in [0.29, 0.717) is 11.6 Å². The van der Waals surface area contributed by atoms with Crippen LogP contribution in [0.4, 0.5) is 0 Å². The van der Waals surface area contributed by atoms with Crippen LogP contribution in [-0.2, 0) is 15.3 Å². The van der Waals surface area contributed by atoms with Gasteiger partial charge in [0.15, 0.2) is 0 Å². The molecular weight excluding hydrogens is 366 g/mol. The summed E-state index contributed by atoms with van der Waals surface area (Å²) < 4.78 is 5.55. The molecule has 138 valence electrons. The number of halogens is 1. The molecule has 1 amide bonds. The molecule has 1 saturated heterocycles. The topological polar surface area (TPSA) is 29.5 Å². The zero-order valence-corrected chi connectivity index (χ0v) is 16.5. The van der Waals surface area contributed by atoms with Crippen LogP contribution in [0.25, 0.3) is 0 Å². The molecule has 1 heterocycles. The molecule has 2 aromatic carbocycles. The quantitative estimate of drug-likeness (QED) is 0.670. The van der Waals surface area contributed by atoms with E-state index in [2.05, 4.69) is 31.2 Å². The summed E-state index contributed by atoms with van der Waals surface area (Å²) >= 11 is 7.90. The highest BCUT2D eigenvalue weighted by Crippen LogP contribution is 2.30. The molecule has 2 aromatic rings. The van der Waals surface area contributed by atoms with E-state index in [1.54, 1.807) is 0 Å². The van der Waals surface area contributed by atoms with Crippen molar-refractivity contribution in [1.29, 1.82) is 0 Å². The minimum atomic E-state index is -0.0456. The zero-order chi connectivity index (χ0) is 18.4. The Balaban J connectivity index is 1.70. The SMILES string of the molecule is CCC(CSCc1ccccc1)N1C(=O)COC[C@H]1c1ccc(Cl)cc1. The summed E-state index contributed by atoms with van der Waals surface area (Å²) in [4.78, 5) is 14.7. The number of carbonyl (C=O) groups is 1. The van der Waals surface area contributed by atoms with E-state index >= 15 is 0 Å². The molecule has 0 spiro atoms. The van der Waals surface area contributed by atoms with Crippen LogP contribution >= 0.6 is 23.4 Å². The van der Waals surface area contributed by atoms with Gasteiger partial charge in [-0.3, -0.25) is 4.79 Å². The first-order valence-corrected chi connectivity index (χ1v) is 10.5. The van der Waals surface area contributed by atoms with Gasteiger partial charge in [-0.15, -0.1) is 0 Å². The third-order valence-corrected chi connectivity index (χ3v) is 6.08. The molecule has 0 aliphatic carbocycles. The van der Waals surface area contributed by atoms with Crippen LogP contribution in [0.3, 0.4) is 0 Å². The van der Waals surface area contributed by atoms with Gasteiger partial charge in [0, 0.05) is 22.6 Å². The number of ether oxygens (including phenoxy) is 1. The van der Waals surface area contributed by atoms with Gasteiger partial charge in [-0.2, -0.15) is 11.8 Å². The van der Waals surface area contributed by atoms with Crippen molar-refractivity contribution in [3.63, 3.8) is 0 Å². The molecule has 3 rings (SSSR count). The largest absolute Gasteiger partial charge is 0.369 e. The van der Waals surface area contributed by atoms with Crippen LogP contribution in [0.15, 0.2) is 54.6 Å². The maximum absolute atomic E-state index is 12.6. The molecule has 1 unspecified atom stereocenters. The normalized spacial score (nSPS) is 18.8. The number of rotatable bonds is 7. The van der Waals surface area contributed by atoms with E-state index in [0.717, 1.165) is 23.5 Å². The highest BCUT2D eigenvalue weighted by atomic mass is 35.5. The van der Waals surface area contributed by atoms with Crippen molar-refractivity contribution in [3.05, 3.63) is 70.7 Å². The molecule has 1 fully saturated rings. The average molecular weight is 390 g/mol. The molecule has 3 nitrogen and oxygen atoms in total. The second-order valence-corrected chi connectivity index (χ2v) is 7.91. The van der Waals surface area contributed by atoms with Crippen molar-refractivity contribution in [1.82, 2.24) is 4.90 Å². The maximum atomic E-state index is 12.6. The predicted molar refractivity (Wildman–Crippen MR) is 109 cm³/mol. The predicted octanol–water partition coefficient (Wildman–Crippen LogP) is 4.95. The van der Waals surface area contributed by atoms with Gasteiger partial charge in [0.2, 0.25) is 5.91 Å². The lowest BCUT2D eigenvalue weighted by atomic mass is 10.0. The highest BCUT2D eigenvalue weighted by molar-refractivity contribution is 7.98. The van der Waals surface area contributed by atoms with Gasteiger partial charge in [-0.05, 0) is 29.7 Å². The second-order valence-electron chi connectivity index (χ2n) is 6.45. The molecule has 1 aliphatic heterocycles. The number of amides is 1. The Morgan fingerprint density at radius 3 is 2.62 bits per heavy atom. The molecule has 26 heavy (non-hydrogen) atoms. The van der Waals surface area contributed by atoms with Gasteiger partial charge in [0.05, 0.1) is 12.6 Å². The minimum absolute atomic E-state index is 0.0456. The average Bonchev–Trinajstić information content (AvgIpc) is 2.67. The fourth-order valence-electron chi connectivity index (χ4n) is 3.27. The lowest BCUT2D eigenvalue weighted by Gasteiger charge is -2.41. The first-order chi connectivity index (χ1) is 12.7. The maximum Gasteiger partial charge on any atom is 0.249 e. The Hall–Kier alpha value is -1.49. The van der Waals surface area contributed by atoms with Crippen molar-refractivity contribution in [2.45, 2.75) is 31.2 Å². The van der Waals surface area contributed by atoms with E-state index in [4.69, 9.17) is 16.3 Å². The van der Waals surface area contributed by atoms with Gasteiger partial charge in [-0.1, -0.05) is 61.0 Å². The Morgan fingerprint density at radius 1 is 1.19 bits per heavy atom. The molecule has 0 saturated carbocycles. The second kappa shape index (κ2) is 9.45. The zero-order valence-electron chi connectivity index (χ0n) is 14.9. The van der Waals surface area contributed by atoms with Crippen LogP contribution < -0.4 is 0 Å². The lowest BCUT2D eigenvalue weighted by molar-refractivity contribution is -0.151. The number of hydrogen-bond donors (Lipinski definition) is 0. The lowest BCUT2D eigenvalue weighted by Crippen LogP contribution is -2.50. The summed E-state index contributed by atoms with van der Waals surface area (Å²) in [5.74, 6) is 1.95. The Bertz CT molecular complexity index is 708. The number of benzene rings is 2. The van der Waals surface area contributed by atoms with E-state index in [1.807, 2.05) is 47.0 Å². The standard InChI is InChI=1S/C21H24ClNO2S/c1-2-19(15-26-14-16-6-4-3-5-7-16)23-20(12-25-13-21(23)24)17-8-10-18(22)11-9-17/h3-11,19-20H,2,12-15H2,1H3/t19?,20-/m0/s1. The Kier molecular flexibility index (Phi) is 7.00. The number of nitrogens with zero attached hydrogens (tertiary/aromatic N) is 1. The van der Waals surface area contributed by atoms with E-state index in [1.165, 1.54) is 5.56 Å². The molecule has 0 N–H and O–H groups in total. The first kappa shape index (κ1) is 19.3. The molecule has 0 radical (unpaired) electrons. The van der Waals surface area contributed by atoms with Gasteiger partial charge in [0.25, 0.3) is 0 Å². The van der Waals surface area contributed by atoms with Crippen molar-refractivity contribution in [2.75, 3.05) is 19.0 Å². The molecular formula is C21H24ClNO2S.